The fraction of sp³-hybridized carbons (Fsp3) is 0.611. The van der Waals surface area contributed by atoms with Crippen LogP contribution in [0.2, 0.25) is 0 Å². The molecule has 0 aliphatic carbocycles. The molecular formula is C18H26N2O4S. The van der Waals surface area contributed by atoms with Crippen molar-refractivity contribution in [1.82, 2.24) is 9.62 Å². The van der Waals surface area contributed by atoms with Crippen LogP contribution in [-0.2, 0) is 14.8 Å². The van der Waals surface area contributed by atoms with E-state index in [1.54, 1.807) is 0 Å². The first-order valence-electron chi connectivity index (χ1n) is 8.63. The summed E-state index contributed by atoms with van der Waals surface area (Å²) >= 11 is 0. The standard InChI is InChI=1S/C18H26N2O4S/c1-13-4-5-16(8-14(13)2)17(21)20-11-18(12-20)7-6-15(10-24-18)9-19-25(3,22)23/h4-5,8,15,19H,6-7,9-12H2,1-3H3/t15-/m1/s1. The van der Waals surface area contributed by atoms with Gasteiger partial charge in [-0.05, 0) is 55.9 Å². The number of ether oxygens (including phenoxy) is 1. The summed E-state index contributed by atoms with van der Waals surface area (Å²) in [5.41, 5.74) is 2.79. The van der Waals surface area contributed by atoms with Gasteiger partial charge in [-0.25, -0.2) is 13.1 Å². The van der Waals surface area contributed by atoms with Crippen molar-refractivity contribution in [3.63, 3.8) is 0 Å². The number of carbonyl (C=O) groups excluding carboxylic acids is 1. The highest BCUT2D eigenvalue weighted by atomic mass is 32.2. The highest BCUT2D eigenvalue weighted by Crippen LogP contribution is 2.36. The van der Waals surface area contributed by atoms with E-state index < -0.39 is 10.0 Å². The molecule has 2 saturated heterocycles. The largest absolute Gasteiger partial charge is 0.371 e. The molecule has 0 aromatic heterocycles. The van der Waals surface area contributed by atoms with Gasteiger partial charge < -0.3 is 9.64 Å². The summed E-state index contributed by atoms with van der Waals surface area (Å²) < 4.78 is 30.9. The minimum atomic E-state index is -3.16. The summed E-state index contributed by atoms with van der Waals surface area (Å²) in [6.45, 7) is 6.23. The van der Waals surface area contributed by atoms with Gasteiger partial charge in [-0.3, -0.25) is 4.79 Å². The lowest BCUT2D eigenvalue weighted by molar-refractivity contribution is -0.165. The van der Waals surface area contributed by atoms with Crippen molar-refractivity contribution in [2.24, 2.45) is 5.92 Å². The minimum absolute atomic E-state index is 0.0539. The van der Waals surface area contributed by atoms with Crippen LogP contribution in [0.3, 0.4) is 0 Å². The molecule has 2 fully saturated rings. The van der Waals surface area contributed by atoms with Crippen molar-refractivity contribution in [2.45, 2.75) is 32.3 Å². The van der Waals surface area contributed by atoms with E-state index in [2.05, 4.69) is 4.72 Å². The summed E-state index contributed by atoms with van der Waals surface area (Å²) in [7, 11) is -3.16. The lowest BCUT2D eigenvalue weighted by atomic mass is 9.82. The molecule has 1 atom stereocenters. The zero-order valence-corrected chi connectivity index (χ0v) is 15.9. The van der Waals surface area contributed by atoms with Crippen molar-refractivity contribution in [2.75, 3.05) is 32.5 Å². The van der Waals surface area contributed by atoms with Crippen LogP contribution in [0.25, 0.3) is 0 Å². The average molecular weight is 366 g/mol. The number of nitrogens with one attached hydrogen (secondary N) is 1. The van der Waals surface area contributed by atoms with E-state index in [4.69, 9.17) is 4.74 Å². The minimum Gasteiger partial charge on any atom is -0.371 e. The summed E-state index contributed by atoms with van der Waals surface area (Å²) in [5, 5.41) is 0. The Labute approximate surface area is 149 Å². The molecule has 0 radical (unpaired) electrons. The van der Waals surface area contributed by atoms with E-state index in [0.29, 0.717) is 26.2 Å². The Kier molecular flexibility index (Phi) is 4.92. The third-order valence-corrected chi connectivity index (χ3v) is 5.96. The number of benzene rings is 1. The molecule has 1 amide bonds. The third kappa shape index (κ3) is 4.22. The highest BCUT2D eigenvalue weighted by Gasteiger charge is 2.48. The second kappa shape index (κ2) is 6.70. The Morgan fingerprint density at radius 2 is 2.04 bits per heavy atom. The molecule has 7 heteroatoms. The van der Waals surface area contributed by atoms with Gasteiger partial charge >= 0.3 is 0 Å². The summed E-state index contributed by atoms with van der Waals surface area (Å²) in [5.74, 6) is 0.253. The van der Waals surface area contributed by atoms with E-state index in [0.717, 1.165) is 24.0 Å². The van der Waals surface area contributed by atoms with E-state index in [9.17, 15) is 13.2 Å². The maximum Gasteiger partial charge on any atom is 0.254 e. The number of aryl methyl sites for hydroxylation is 2. The molecule has 2 heterocycles. The number of likely N-dealkylation sites (tertiary alicyclic amines) is 1. The fourth-order valence-corrected chi connectivity index (χ4v) is 3.99. The van der Waals surface area contributed by atoms with Gasteiger partial charge in [-0.1, -0.05) is 6.07 Å². The van der Waals surface area contributed by atoms with E-state index >= 15 is 0 Å². The number of rotatable bonds is 4. The number of amides is 1. The molecule has 138 valence electrons. The number of hydrogen-bond acceptors (Lipinski definition) is 4. The van der Waals surface area contributed by atoms with Crippen LogP contribution in [0.4, 0.5) is 0 Å². The van der Waals surface area contributed by atoms with Gasteiger partial charge in [0.05, 0.1) is 26.0 Å². The number of nitrogens with zero attached hydrogens (tertiary/aromatic N) is 1. The van der Waals surface area contributed by atoms with Crippen LogP contribution >= 0.6 is 0 Å². The summed E-state index contributed by atoms with van der Waals surface area (Å²) in [6.07, 6.45) is 2.94. The van der Waals surface area contributed by atoms with Crippen molar-refractivity contribution < 1.29 is 17.9 Å². The van der Waals surface area contributed by atoms with Crippen molar-refractivity contribution in [1.29, 1.82) is 0 Å². The second-order valence-corrected chi connectivity index (χ2v) is 9.31. The number of hydrogen-bond donors (Lipinski definition) is 1. The van der Waals surface area contributed by atoms with Crippen LogP contribution < -0.4 is 4.72 Å². The van der Waals surface area contributed by atoms with Gasteiger partial charge in [0.2, 0.25) is 10.0 Å². The first-order valence-corrected chi connectivity index (χ1v) is 10.5. The second-order valence-electron chi connectivity index (χ2n) is 7.48. The van der Waals surface area contributed by atoms with E-state index in [1.807, 2.05) is 36.9 Å². The predicted octanol–water partition coefficient (Wildman–Crippen LogP) is 1.47. The smallest absolute Gasteiger partial charge is 0.254 e. The van der Waals surface area contributed by atoms with Crippen LogP contribution in [0.15, 0.2) is 18.2 Å². The Bertz CT molecular complexity index is 759. The molecule has 2 aliphatic rings. The molecule has 25 heavy (non-hydrogen) atoms. The van der Waals surface area contributed by atoms with E-state index in [1.165, 1.54) is 11.8 Å². The van der Waals surface area contributed by atoms with E-state index in [-0.39, 0.29) is 17.4 Å². The van der Waals surface area contributed by atoms with Crippen molar-refractivity contribution >= 4 is 15.9 Å². The Morgan fingerprint density at radius 3 is 2.60 bits per heavy atom. The van der Waals surface area contributed by atoms with Gasteiger partial charge in [0.15, 0.2) is 0 Å². The lowest BCUT2D eigenvalue weighted by Gasteiger charge is -2.52. The van der Waals surface area contributed by atoms with Crippen molar-refractivity contribution in [3.05, 3.63) is 34.9 Å². The molecule has 3 rings (SSSR count). The monoisotopic (exact) mass is 366 g/mol. The maximum absolute atomic E-state index is 12.6. The average Bonchev–Trinajstić information content (AvgIpc) is 2.52. The summed E-state index contributed by atoms with van der Waals surface area (Å²) in [4.78, 5) is 14.4. The lowest BCUT2D eigenvalue weighted by Crippen LogP contribution is -2.66. The molecule has 0 unspecified atom stereocenters. The molecular weight excluding hydrogens is 340 g/mol. The van der Waals surface area contributed by atoms with Crippen molar-refractivity contribution in [3.8, 4) is 0 Å². The SMILES string of the molecule is Cc1ccc(C(=O)N2CC3(CC[C@H](CNS(C)(=O)=O)CO3)C2)cc1C. The predicted molar refractivity (Wildman–Crippen MR) is 96.1 cm³/mol. The van der Waals surface area contributed by atoms with Crippen LogP contribution in [0, 0.1) is 19.8 Å². The molecule has 1 aromatic rings. The molecule has 6 nitrogen and oxygen atoms in total. The Hall–Kier alpha value is -1.44. The zero-order chi connectivity index (χ0) is 18.2. The molecule has 0 saturated carbocycles. The molecule has 1 spiro atoms. The molecule has 1 aromatic carbocycles. The topological polar surface area (TPSA) is 75.7 Å². The molecule has 0 bridgehead atoms. The number of carbonyl (C=O) groups is 1. The highest BCUT2D eigenvalue weighted by molar-refractivity contribution is 7.88. The van der Waals surface area contributed by atoms with Gasteiger partial charge in [-0.15, -0.1) is 0 Å². The fourth-order valence-electron chi connectivity index (χ4n) is 3.45. The van der Waals surface area contributed by atoms with Crippen LogP contribution in [0.1, 0.15) is 34.3 Å². The first kappa shape index (κ1) is 18.4. The maximum atomic E-state index is 12.6. The number of sulfonamides is 1. The van der Waals surface area contributed by atoms with Gasteiger partial charge in [0.25, 0.3) is 5.91 Å². The zero-order valence-electron chi connectivity index (χ0n) is 15.0. The van der Waals surface area contributed by atoms with Crippen LogP contribution in [0.5, 0.6) is 0 Å². The third-order valence-electron chi connectivity index (χ3n) is 5.27. The van der Waals surface area contributed by atoms with Crippen LogP contribution in [-0.4, -0.2) is 57.3 Å². The Balaban J connectivity index is 1.51. The normalized spacial score (nSPS) is 22.7. The summed E-state index contributed by atoms with van der Waals surface area (Å²) in [6, 6.07) is 5.80. The quantitative estimate of drug-likeness (QED) is 0.876. The first-order chi connectivity index (χ1) is 11.7. The van der Waals surface area contributed by atoms with Gasteiger partial charge in [0, 0.05) is 12.1 Å². The van der Waals surface area contributed by atoms with Gasteiger partial charge in [-0.2, -0.15) is 0 Å². The van der Waals surface area contributed by atoms with Gasteiger partial charge in [0.1, 0.15) is 5.60 Å². The Morgan fingerprint density at radius 1 is 1.32 bits per heavy atom. The molecule has 1 N–H and O–H groups in total. The molecule has 2 aliphatic heterocycles.